The van der Waals surface area contributed by atoms with Crippen LogP contribution in [0.2, 0.25) is 0 Å². The van der Waals surface area contributed by atoms with Gasteiger partial charge in [0.25, 0.3) is 0 Å². The molecule has 6 rings (SSSR count). The Morgan fingerprint density at radius 2 is 0.892 bits per heavy atom. The van der Waals surface area contributed by atoms with Crippen LogP contribution in [0.15, 0.2) is 0 Å². The molecule has 12 nitrogen and oxygen atoms in total. The predicted molar refractivity (Wildman–Crippen MR) is 122 cm³/mol. The van der Waals surface area contributed by atoms with Crippen LogP contribution in [-0.2, 0) is 47.4 Å². The summed E-state index contributed by atoms with van der Waals surface area (Å²) in [7, 11) is 0. The number of aliphatic hydroxyl groups is 2. The van der Waals surface area contributed by atoms with Crippen molar-refractivity contribution in [2.24, 2.45) is 0 Å². The normalized spacial score (nSPS) is 53.0. The molecule has 0 saturated carbocycles. The van der Waals surface area contributed by atoms with Crippen LogP contribution in [0.3, 0.4) is 0 Å². The van der Waals surface area contributed by atoms with Crippen molar-refractivity contribution in [2.45, 2.75) is 145 Å². The second-order valence-corrected chi connectivity index (χ2v) is 12.9. The SMILES string of the molecule is CC1(C)OC[C@H]([C@H]2O[C@@H]3OC(C)(C)O[C@@H]3[C@@]2(O)C[C@@]2(O)[C@@H]([C@H]3COC(C)(C)O3)O[C@@H]3OC(C)(C)O[C@@H]32)O1. The van der Waals surface area contributed by atoms with Gasteiger partial charge < -0.3 is 57.6 Å². The van der Waals surface area contributed by atoms with Gasteiger partial charge >= 0.3 is 0 Å². The molecular weight excluding hydrogens is 492 g/mol. The van der Waals surface area contributed by atoms with Crippen molar-refractivity contribution in [1.29, 1.82) is 0 Å². The van der Waals surface area contributed by atoms with Gasteiger partial charge in [0.1, 0.15) is 47.8 Å². The highest BCUT2D eigenvalue weighted by Crippen LogP contribution is 2.54. The Balaban J connectivity index is 1.36. The number of hydrogen-bond donors (Lipinski definition) is 2. The Morgan fingerprint density at radius 3 is 1.22 bits per heavy atom. The minimum Gasteiger partial charge on any atom is -0.384 e. The van der Waals surface area contributed by atoms with E-state index >= 15 is 0 Å². The lowest BCUT2D eigenvalue weighted by Crippen LogP contribution is -2.63. The first-order chi connectivity index (χ1) is 16.9. The maximum atomic E-state index is 12.5. The average molecular weight is 533 g/mol. The highest BCUT2D eigenvalue weighted by molar-refractivity contribution is 5.17. The maximum Gasteiger partial charge on any atom is 0.190 e. The molecule has 0 spiro atoms. The van der Waals surface area contributed by atoms with E-state index in [1.807, 2.05) is 0 Å². The molecule has 2 N–H and O–H groups in total. The summed E-state index contributed by atoms with van der Waals surface area (Å²) in [5.74, 6) is -3.72. The molecular formula is C25H40O12. The van der Waals surface area contributed by atoms with Crippen LogP contribution in [0.1, 0.15) is 61.8 Å². The second-order valence-electron chi connectivity index (χ2n) is 12.9. The van der Waals surface area contributed by atoms with Crippen molar-refractivity contribution in [3.8, 4) is 0 Å². The zero-order chi connectivity index (χ0) is 26.8. The molecule has 0 bridgehead atoms. The lowest BCUT2D eigenvalue weighted by molar-refractivity contribution is -0.273. The largest absolute Gasteiger partial charge is 0.384 e. The van der Waals surface area contributed by atoms with Crippen molar-refractivity contribution in [3.63, 3.8) is 0 Å². The van der Waals surface area contributed by atoms with E-state index in [0.29, 0.717) is 0 Å². The quantitative estimate of drug-likeness (QED) is 0.533. The van der Waals surface area contributed by atoms with Crippen molar-refractivity contribution in [3.05, 3.63) is 0 Å². The van der Waals surface area contributed by atoms with E-state index in [1.54, 1.807) is 55.4 Å². The third-order valence-electron chi connectivity index (χ3n) is 7.95. The zero-order valence-electron chi connectivity index (χ0n) is 22.7. The fourth-order valence-corrected chi connectivity index (χ4v) is 6.59. The molecule has 0 aliphatic carbocycles. The van der Waals surface area contributed by atoms with Crippen molar-refractivity contribution < 1.29 is 57.6 Å². The van der Waals surface area contributed by atoms with Gasteiger partial charge in [-0.15, -0.1) is 0 Å². The molecule has 0 aromatic rings. The molecule has 6 fully saturated rings. The van der Waals surface area contributed by atoms with E-state index in [4.69, 9.17) is 47.4 Å². The van der Waals surface area contributed by atoms with Crippen LogP contribution in [-0.4, -0.2) is 107 Å². The minimum absolute atomic E-state index is 0.188. The molecule has 0 aromatic carbocycles. The minimum atomic E-state index is -1.77. The van der Waals surface area contributed by atoms with Gasteiger partial charge in [0, 0.05) is 6.42 Å². The maximum absolute atomic E-state index is 12.5. The summed E-state index contributed by atoms with van der Waals surface area (Å²) in [5, 5.41) is 24.9. The van der Waals surface area contributed by atoms with Gasteiger partial charge in [-0.25, -0.2) is 0 Å². The summed E-state index contributed by atoms with van der Waals surface area (Å²) in [6, 6.07) is 0. The van der Waals surface area contributed by atoms with Crippen molar-refractivity contribution in [2.75, 3.05) is 13.2 Å². The Labute approximate surface area is 216 Å². The fraction of sp³-hybridized carbons (Fsp3) is 1.00. The van der Waals surface area contributed by atoms with Crippen LogP contribution < -0.4 is 0 Å². The van der Waals surface area contributed by atoms with E-state index in [2.05, 4.69) is 0 Å². The molecule has 0 aromatic heterocycles. The molecule has 6 aliphatic rings. The molecule has 12 heteroatoms. The molecule has 6 aliphatic heterocycles. The summed E-state index contributed by atoms with van der Waals surface area (Å²) in [5.41, 5.74) is -3.55. The van der Waals surface area contributed by atoms with E-state index in [1.165, 1.54) is 0 Å². The first kappa shape index (κ1) is 26.7. The van der Waals surface area contributed by atoms with Crippen LogP contribution in [0.4, 0.5) is 0 Å². The Kier molecular flexibility index (Phi) is 5.81. The number of rotatable bonds is 4. The molecule has 37 heavy (non-hydrogen) atoms. The summed E-state index contributed by atoms with van der Waals surface area (Å²) in [6.45, 7) is 14.5. The molecule has 10 atom stereocenters. The summed E-state index contributed by atoms with van der Waals surface area (Å²) >= 11 is 0. The lowest BCUT2D eigenvalue weighted by Gasteiger charge is -2.43. The molecule has 0 unspecified atom stereocenters. The van der Waals surface area contributed by atoms with Gasteiger partial charge in [-0.1, -0.05) is 0 Å². The van der Waals surface area contributed by atoms with E-state index in [0.717, 1.165) is 0 Å². The van der Waals surface area contributed by atoms with Gasteiger partial charge in [-0.3, -0.25) is 0 Å². The molecule has 6 heterocycles. The topological polar surface area (TPSA) is 133 Å². The van der Waals surface area contributed by atoms with Crippen molar-refractivity contribution >= 4 is 0 Å². The first-order valence-electron chi connectivity index (χ1n) is 13.0. The Hall–Kier alpha value is -0.480. The van der Waals surface area contributed by atoms with Crippen LogP contribution in [0.5, 0.6) is 0 Å². The number of hydrogen-bond acceptors (Lipinski definition) is 12. The average Bonchev–Trinajstić information content (AvgIpc) is 3.53. The van der Waals surface area contributed by atoms with Crippen LogP contribution in [0.25, 0.3) is 0 Å². The molecule has 6 saturated heterocycles. The second kappa shape index (κ2) is 8.05. The smallest absolute Gasteiger partial charge is 0.190 e. The third kappa shape index (κ3) is 4.37. The lowest BCUT2D eigenvalue weighted by atomic mass is 9.74. The summed E-state index contributed by atoms with van der Waals surface area (Å²) in [4.78, 5) is 0. The molecule has 212 valence electrons. The Morgan fingerprint density at radius 1 is 0.514 bits per heavy atom. The van der Waals surface area contributed by atoms with E-state index in [9.17, 15) is 10.2 Å². The predicted octanol–water partition coefficient (Wildman–Crippen LogP) is 0.895. The Bertz CT molecular complexity index is 849. The highest BCUT2D eigenvalue weighted by Gasteiger charge is 2.73. The fourth-order valence-electron chi connectivity index (χ4n) is 6.59. The third-order valence-corrected chi connectivity index (χ3v) is 7.95. The van der Waals surface area contributed by atoms with Gasteiger partial charge in [0.05, 0.1) is 13.2 Å². The number of fused-ring (bicyclic) bond motifs is 2. The molecule has 0 amide bonds. The highest BCUT2D eigenvalue weighted by atomic mass is 16.9. The van der Waals surface area contributed by atoms with Crippen LogP contribution >= 0.6 is 0 Å². The first-order valence-corrected chi connectivity index (χ1v) is 13.0. The van der Waals surface area contributed by atoms with Crippen molar-refractivity contribution in [1.82, 2.24) is 0 Å². The summed E-state index contributed by atoms with van der Waals surface area (Å²) in [6.07, 6.45) is -6.98. The van der Waals surface area contributed by atoms with Gasteiger partial charge in [-0.05, 0) is 55.4 Å². The summed E-state index contributed by atoms with van der Waals surface area (Å²) < 4.78 is 60.4. The zero-order valence-corrected chi connectivity index (χ0v) is 22.7. The standard InChI is InChI=1S/C25H40O12/c1-20(2)28-9-12(32-20)14-24(26,16-18(30-14)36-22(5,6)34-16)11-25(27)15(13-10-29-21(3,4)33-13)31-19-17(25)35-23(7,8)37-19/h12-19,26-27H,9-11H2,1-8H3/t12-,13-,14-,15-,16+,17+,18-,19-,24-,25-/m1/s1. The number of ether oxygens (including phenoxy) is 10. The van der Waals surface area contributed by atoms with Crippen LogP contribution in [0, 0.1) is 0 Å². The van der Waals surface area contributed by atoms with Gasteiger partial charge in [0.15, 0.2) is 35.7 Å². The molecule has 0 radical (unpaired) electrons. The van der Waals surface area contributed by atoms with Gasteiger partial charge in [0.2, 0.25) is 0 Å². The van der Waals surface area contributed by atoms with E-state index in [-0.39, 0.29) is 19.6 Å². The van der Waals surface area contributed by atoms with Gasteiger partial charge in [-0.2, -0.15) is 0 Å². The van der Waals surface area contributed by atoms with E-state index < -0.39 is 83.6 Å². The monoisotopic (exact) mass is 532 g/mol.